The van der Waals surface area contributed by atoms with Crippen molar-refractivity contribution in [2.45, 2.75) is 18.4 Å². The molecule has 0 N–H and O–H groups in total. The van der Waals surface area contributed by atoms with Crippen LogP contribution in [0.15, 0.2) is 12.7 Å². The molecule has 0 aromatic carbocycles. The molecule has 0 aliphatic carbocycles. The zero-order valence-corrected chi connectivity index (χ0v) is 5.98. The summed E-state index contributed by atoms with van der Waals surface area (Å²) in [4.78, 5) is 0. The molecule has 0 aromatic heterocycles. The van der Waals surface area contributed by atoms with Gasteiger partial charge >= 0.3 is 0 Å². The van der Waals surface area contributed by atoms with Crippen molar-refractivity contribution in [2.24, 2.45) is 0 Å². The molecular weight excluding hydrogens is 124 g/mol. The predicted octanol–water partition coefficient (Wildman–Crippen LogP) is 1.81. The lowest BCUT2D eigenvalue weighted by Gasteiger charge is -2.11. The van der Waals surface area contributed by atoms with E-state index >= 15 is 0 Å². The van der Waals surface area contributed by atoms with Gasteiger partial charge in [0.1, 0.15) is 0 Å². The van der Waals surface area contributed by atoms with Crippen molar-refractivity contribution < 1.29 is 4.74 Å². The highest BCUT2D eigenvalue weighted by Crippen LogP contribution is 2.04. The van der Waals surface area contributed by atoms with Gasteiger partial charge in [-0.3, -0.25) is 0 Å². The number of alkyl halides is 1. The molecule has 0 aliphatic heterocycles. The maximum absolute atomic E-state index is 5.65. The van der Waals surface area contributed by atoms with Gasteiger partial charge in [0, 0.05) is 7.11 Å². The molecule has 2 heteroatoms. The topological polar surface area (TPSA) is 9.23 Å². The quantitative estimate of drug-likeness (QED) is 0.423. The van der Waals surface area contributed by atoms with E-state index in [1.807, 2.05) is 6.92 Å². The summed E-state index contributed by atoms with van der Waals surface area (Å²) in [6, 6.07) is 0. The standard InChI is InChI=1S/C6H11ClO/c1-4-6(8-3)5(2)7/h4-6H,1H2,2-3H3. The maximum atomic E-state index is 5.65. The second-order valence-electron chi connectivity index (χ2n) is 1.61. The fourth-order valence-corrected chi connectivity index (χ4v) is 0.677. The Morgan fingerprint density at radius 3 is 2.25 bits per heavy atom. The summed E-state index contributed by atoms with van der Waals surface area (Å²) in [5, 5.41) is 0.0116. The average molecular weight is 135 g/mol. The zero-order chi connectivity index (χ0) is 6.57. The molecule has 8 heavy (non-hydrogen) atoms. The van der Waals surface area contributed by atoms with Crippen LogP contribution in [0.4, 0.5) is 0 Å². The Labute approximate surface area is 55.3 Å². The van der Waals surface area contributed by atoms with E-state index in [1.54, 1.807) is 13.2 Å². The molecule has 2 atom stereocenters. The van der Waals surface area contributed by atoms with Crippen LogP contribution in [0, 0.1) is 0 Å². The van der Waals surface area contributed by atoms with E-state index in [4.69, 9.17) is 16.3 Å². The van der Waals surface area contributed by atoms with Gasteiger partial charge in [-0.25, -0.2) is 0 Å². The molecule has 1 nitrogen and oxygen atoms in total. The van der Waals surface area contributed by atoms with Crippen molar-refractivity contribution in [1.29, 1.82) is 0 Å². The summed E-state index contributed by atoms with van der Waals surface area (Å²) < 4.78 is 4.91. The Bertz CT molecular complexity index is 70.9. The SMILES string of the molecule is C=CC(OC)C(C)Cl. The van der Waals surface area contributed by atoms with Crippen LogP contribution in [0.3, 0.4) is 0 Å². The second-order valence-corrected chi connectivity index (χ2v) is 2.30. The van der Waals surface area contributed by atoms with Gasteiger partial charge in [0.15, 0.2) is 0 Å². The number of halogens is 1. The molecule has 0 saturated heterocycles. The van der Waals surface area contributed by atoms with Crippen LogP contribution in [-0.4, -0.2) is 18.6 Å². The van der Waals surface area contributed by atoms with Gasteiger partial charge in [0.25, 0.3) is 0 Å². The highest BCUT2D eigenvalue weighted by molar-refractivity contribution is 6.20. The third-order valence-corrected chi connectivity index (χ3v) is 1.21. The van der Waals surface area contributed by atoms with E-state index in [0.29, 0.717) is 0 Å². The minimum Gasteiger partial charge on any atom is -0.376 e. The van der Waals surface area contributed by atoms with E-state index in [9.17, 15) is 0 Å². The number of hydrogen-bond donors (Lipinski definition) is 0. The van der Waals surface area contributed by atoms with Gasteiger partial charge in [0.05, 0.1) is 11.5 Å². The smallest absolute Gasteiger partial charge is 0.0910 e. The summed E-state index contributed by atoms with van der Waals surface area (Å²) in [6.45, 7) is 5.42. The number of rotatable bonds is 3. The summed E-state index contributed by atoms with van der Waals surface area (Å²) in [5.41, 5.74) is 0. The van der Waals surface area contributed by atoms with Gasteiger partial charge in [-0.2, -0.15) is 0 Å². The Morgan fingerprint density at radius 1 is 1.75 bits per heavy atom. The largest absolute Gasteiger partial charge is 0.376 e. The first-order valence-corrected chi connectivity index (χ1v) is 2.95. The minimum atomic E-state index is -0.0170. The van der Waals surface area contributed by atoms with E-state index in [1.165, 1.54) is 0 Å². The molecule has 0 spiro atoms. The Kier molecular flexibility index (Phi) is 3.92. The highest BCUT2D eigenvalue weighted by atomic mass is 35.5. The first-order chi connectivity index (χ1) is 3.72. The molecule has 0 heterocycles. The number of hydrogen-bond acceptors (Lipinski definition) is 1. The van der Waals surface area contributed by atoms with Gasteiger partial charge in [-0.05, 0) is 6.92 Å². The molecule has 0 bridgehead atoms. The van der Waals surface area contributed by atoms with E-state index < -0.39 is 0 Å². The molecule has 0 saturated carbocycles. The monoisotopic (exact) mass is 134 g/mol. The summed E-state index contributed by atoms with van der Waals surface area (Å²) in [6.07, 6.45) is 1.68. The Morgan fingerprint density at radius 2 is 2.25 bits per heavy atom. The first-order valence-electron chi connectivity index (χ1n) is 2.51. The maximum Gasteiger partial charge on any atom is 0.0910 e. The molecule has 0 aromatic rings. The van der Waals surface area contributed by atoms with Crippen molar-refractivity contribution in [3.63, 3.8) is 0 Å². The van der Waals surface area contributed by atoms with Gasteiger partial charge in [-0.15, -0.1) is 18.2 Å². The molecule has 48 valence electrons. The van der Waals surface area contributed by atoms with Crippen molar-refractivity contribution >= 4 is 11.6 Å². The lowest BCUT2D eigenvalue weighted by atomic mass is 10.3. The third-order valence-electron chi connectivity index (χ3n) is 0.957. The zero-order valence-electron chi connectivity index (χ0n) is 5.23. The highest BCUT2D eigenvalue weighted by Gasteiger charge is 2.07. The Hall–Kier alpha value is -0.0100. The van der Waals surface area contributed by atoms with Crippen LogP contribution in [0.2, 0.25) is 0 Å². The van der Waals surface area contributed by atoms with Crippen molar-refractivity contribution in [1.82, 2.24) is 0 Å². The number of ether oxygens (including phenoxy) is 1. The molecule has 0 rings (SSSR count). The first kappa shape index (κ1) is 7.99. The van der Waals surface area contributed by atoms with Crippen LogP contribution in [-0.2, 0) is 4.74 Å². The van der Waals surface area contributed by atoms with Crippen LogP contribution in [0.5, 0.6) is 0 Å². The van der Waals surface area contributed by atoms with Crippen LogP contribution in [0.25, 0.3) is 0 Å². The van der Waals surface area contributed by atoms with Gasteiger partial charge < -0.3 is 4.74 Å². The second kappa shape index (κ2) is 3.93. The third kappa shape index (κ3) is 2.34. The lowest BCUT2D eigenvalue weighted by Crippen LogP contribution is -2.16. The van der Waals surface area contributed by atoms with Crippen LogP contribution in [0.1, 0.15) is 6.92 Å². The fraction of sp³-hybridized carbons (Fsp3) is 0.667. The van der Waals surface area contributed by atoms with E-state index in [0.717, 1.165) is 0 Å². The van der Waals surface area contributed by atoms with Crippen molar-refractivity contribution in [3.8, 4) is 0 Å². The minimum absolute atomic E-state index is 0.0116. The molecule has 0 radical (unpaired) electrons. The lowest BCUT2D eigenvalue weighted by molar-refractivity contribution is 0.141. The summed E-state index contributed by atoms with van der Waals surface area (Å²) in [7, 11) is 1.62. The van der Waals surface area contributed by atoms with Crippen molar-refractivity contribution in [3.05, 3.63) is 12.7 Å². The number of methoxy groups -OCH3 is 1. The molecule has 0 amide bonds. The van der Waals surface area contributed by atoms with Gasteiger partial charge in [-0.1, -0.05) is 6.08 Å². The summed E-state index contributed by atoms with van der Waals surface area (Å²) in [5.74, 6) is 0. The van der Waals surface area contributed by atoms with E-state index in [2.05, 4.69) is 6.58 Å². The molecule has 0 fully saturated rings. The van der Waals surface area contributed by atoms with Gasteiger partial charge in [0.2, 0.25) is 0 Å². The van der Waals surface area contributed by atoms with Crippen LogP contribution >= 0.6 is 11.6 Å². The molecular formula is C6H11ClO. The average Bonchev–Trinajstić information content (AvgIpc) is 1.69. The Balaban J connectivity index is 3.51. The van der Waals surface area contributed by atoms with E-state index in [-0.39, 0.29) is 11.5 Å². The summed E-state index contributed by atoms with van der Waals surface area (Å²) >= 11 is 5.65. The molecule has 2 unspecified atom stereocenters. The predicted molar refractivity (Wildman–Crippen MR) is 36.3 cm³/mol. The molecule has 0 aliphatic rings. The normalized spacial score (nSPS) is 17.4. The fourth-order valence-electron chi connectivity index (χ4n) is 0.471. The van der Waals surface area contributed by atoms with Crippen LogP contribution < -0.4 is 0 Å². The van der Waals surface area contributed by atoms with Crippen molar-refractivity contribution in [2.75, 3.05) is 7.11 Å².